The molecule has 6 nitrogen and oxygen atoms in total. The summed E-state index contributed by atoms with van der Waals surface area (Å²) in [6.07, 6.45) is 0.375. The minimum Gasteiger partial charge on any atom is -0.353 e. The maximum absolute atomic E-state index is 15.0. The van der Waals surface area contributed by atoms with Gasteiger partial charge in [0.15, 0.2) is 0 Å². The number of carbonyl (C=O) groups is 1. The van der Waals surface area contributed by atoms with Crippen molar-refractivity contribution in [3.8, 4) is 0 Å². The summed E-state index contributed by atoms with van der Waals surface area (Å²) in [5.74, 6) is -0.871. The van der Waals surface area contributed by atoms with Crippen LogP contribution in [0, 0.1) is 5.82 Å². The van der Waals surface area contributed by atoms with E-state index in [2.05, 4.69) is 33.5 Å². The van der Waals surface area contributed by atoms with Gasteiger partial charge in [0.25, 0.3) is 0 Å². The van der Waals surface area contributed by atoms with Crippen molar-refractivity contribution < 1.29 is 22.4 Å². The predicted octanol–water partition coefficient (Wildman–Crippen LogP) is 5.77. The first-order chi connectivity index (χ1) is 17.9. The number of hydrogen-bond acceptors (Lipinski definition) is 5. The van der Waals surface area contributed by atoms with Crippen LogP contribution in [0.1, 0.15) is 80.7 Å². The van der Waals surface area contributed by atoms with E-state index >= 15 is 4.39 Å². The van der Waals surface area contributed by atoms with Crippen molar-refractivity contribution >= 4 is 18.4 Å². The summed E-state index contributed by atoms with van der Waals surface area (Å²) in [5, 5.41) is 0. The van der Waals surface area contributed by atoms with E-state index in [-0.39, 0.29) is 11.5 Å². The highest BCUT2D eigenvalue weighted by Crippen LogP contribution is 2.38. The van der Waals surface area contributed by atoms with Crippen molar-refractivity contribution in [2.45, 2.75) is 76.4 Å². The van der Waals surface area contributed by atoms with E-state index in [1.807, 2.05) is 13.8 Å². The van der Waals surface area contributed by atoms with Gasteiger partial charge in [0.2, 0.25) is 5.91 Å². The van der Waals surface area contributed by atoms with E-state index in [0.29, 0.717) is 57.4 Å². The smallest absolute Gasteiger partial charge is 0.353 e. The SMILES string of the molecule is C=NC(C)(C)CCCC(C(=O)N1CCN(c2ncnc3c2C(C)CC3)CC1)c1ccc(C(F)(F)F)cc1F. The molecule has 0 saturated carbocycles. The summed E-state index contributed by atoms with van der Waals surface area (Å²) in [5.41, 5.74) is 0.776. The number of amides is 1. The van der Waals surface area contributed by atoms with E-state index in [4.69, 9.17) is 0 Å². The molecule has 1 fully saturated rings. The molecular formula is C28H35F4N5O. The standard InChI is InChI=1S/C28H35F4N5O/c1-18-7-10-23-24(18)25(35-17-34-23)36-12-14-37(15-13-36)26(38)21(6-5-11-27(2,3)33-4)20-9-8-19(16-22(20)29)28(30,31)32/h8-9,16-18,21H,4-7,10-15H2,1-3H3. The van der Waals surface area contributed by atoms with Crippen LogP contribution >= 0.6 is 0 Å². The highest BCUT2D eigenvalue weighted by atomic mass is 19.4. The molecule has 206 valence electrons. The fraction of sp³-hybridized carbons (Fsp3) is 0.571. The summed E-state index contributed by atoms with van der Waals surface area (Å²) in [6.45, 7) is 11.6. The lowest BCUT2D eigenvalue weighted by Crippen LogP contribution is -2.50. The van der Waals surface area contributed by atoms with Crippen molar-refractivity contribution in [3.63, 3.8) is 0 Å². The zero-order chi connectivity index (χ0) is 27.7. The number of aromatic nitrogens is 2. The van der Waals surface area contributed by atoms with Gasteiger partial charge in [0.05, 0.1) is 17.0 Å². The number of nitrogens with zero attached hydrogens (tertiary/aromatic N) is 5. The third-order valence-corrected chi connectivity index (χ3v) is 7.85. The molecule has 1 aliphatic carbocycles. The van der Waals surface area contributed by atoms with Crippen LogP contribution in [0.25, 0.3) is 0 Å². The molecular weight excluding hydrogens is 498 g/mol. The maximum Gasteiger partial charge on any atom is 0.416 e. The lowest BCUT2D eigenvalue weighted by atomic mass is 9.88. The Labute approximate surface area is 221 Å². The zero-order valence-electron chi connectivity index (χ0n) is 22.2. The summed E-state index contributed by atoms with van der Waals surface area (Å²) >= 11 is 0. The number of halogens is 4. The first-order valence-corrected chi connectivity index (χ1v) is 13.1. The normalized spacial score (nSPS) is 18.9. The predicted molar refractivity (Wildman–Crippen MR) is 139 cm³/mol. The number of hydrogen-bond donors (Lipinski definition) is 0. The highest BCUT2D eigenvalue weighted by molar-refractivity contribution is 5.84. The van der Waals surface area contributed by atoms with Crippen LogP contribution in [0.4, 0.5) is 23.4 Å². The first-order valence-electron chi connectivity index (χ1n) is 13.1. The number of rotatable bonds is 8. The van der Waals surface area contributed by atoms with Gasteiger partial charge in [-0.1, -0.05) is 13.0 Å². The van der Waals surface area contributed by atoms with Crippen LogP contribution in [-0.4, -0.2) is 59.2 Å². The van der Waals surface area contributed by atoms with Gasteiger partial charge in [0, 0.05) is 43.0 Å². The number of anilines is 1. The monoisotopic (exact) mass is 533 g/mol. The summed E-state index contributed by atoms with van der Waals surface area (Å²) in [6, 6.07) is 2.45. The molecule has 0 bridgehead atoms. The Balaban J connectivity index is 1.52. The van der Waals surface area contributed by atoms with Gasteiger partial charge in [-0.3, -0.25) is 9.79 Å². The fourth-order valence-electron chi connectivity index (χ4n) is 5.45. The minimum atomic E-state index is -4.66. The number of carbonyl (C=O) groups excluding carboxylic acids is 1. The van der Waals surface area contributed by atoms with Crippen LogP contribution in [-0.2, 0) is 17.4 Å². The van der Waals surface area contributed by atoms with Crippen LogP contribution in [0.5, 0.6) is 0 Å². The third-order valence-electron chi connectivity index (χ3n) is 7.85. The molecule has 2 heterocycles. The van der Waals surface area contributed by atoms with Crippen LogP contribution in [0.2, 0.25) is 0 Å². The number of fused-ring (bicyclic) bond motifs is 1. The highest BCUT2D eigenvalue weighted by Gasteiger charge is 2.35. The van der Waals surface area contributed by atoms with Crippen LogP contribution in [0.3, 0.4) is 0 Å². The van der Waals surface area contributed by atoms with Crippen molar-refractivity contribution in [1.29, 1.82) is 0 Å². The van der Waals surface area contributed by atoms with E-state index in [1.54, 1.807) is 11.2 Å². The average molecular weight is 534 g/mol. The molecule has 1 saturated heterocycles. The topological polar surface area (TPSA) is 61.7 Å². The molecule has 0 radical (unpaired) electrons. The van der Waals surface area contributed by atoms with Gasteiger partial charge in [-0.2, -0.15) is 13.2 Å². The zero-order valence-corrected chi connectivity index (χ0v) is 22.2. The molecule has 0 N–H and O–H groups in total. The average Bonchev–Trinajstić information content (AvgIpc) is 3.27. The number of benzene rings is 1. The van der Waals surface area contributed by atoms with Crippen LogP contribution < -0.4 is 4.90 Å². The number of aryl methyl sites for hydroxylation is 1. The van der Waals surface area contributed by atoms with E-state index < -0.39 is 29.0 Å². The largest absolute Gasteiger partial charge is 0.416 e. The number of piperazine rings is 1. The third kappa shape index (κ3) is 5.99. The quantitative estimate of drug-likeness (QED) is 0.320. The molecule has 1 amide bonds. The minimum absolute atomic E-state index is 0.00255. The second-order valence-electron chi connectivity index (χ2n) is 11.0. The van der Waals surface area contributed by atoms with Crippen LogP contribution in [0.15, 0.2) is 29.5 Å². The molecule has 1 aromatic heterocycles. The summed E-state index contributed by atoms with van der Waals surface area (Å²) < 4.78 is 54.4. The second-order valence-corrected chi connectivity index (χ2v) is 11.0. The number of aliphatic imine (C=N–C) groups is 1. The molecule has 1 aromatic carbocycles. The Morgan fingerprint density at radius 2 is 1.89 bits per heavy atom. The van der Waals surface area contributed by atoms with Gasteiger partial charge >= 0.3 is 6.18 Å². The summed E-state index contributed by atoms with van der Waals surface area (Å²) in [4.78, 5) is 30.6. The van der Waals surface area contributed by atoms with E-state index in [9.17, 15) is 18.0 Å². The molecule has 2 aliphatic rings. The van der Waals surface area contributed by atoms with Gasteiger partial charge in [-0.15, -0.1) is 0 Å². The fourth-order valence-corrected chi connectivity index (χ4v) is 5.45. The molecule has 2 aromatic rings. The van der Waals surface area contributed by atoms with Gasteiger partial charge in [-0.05, 0) is 70.7 Å². The molecule has 4 rings (SSSR count). The lowest BCUT2D eigenvalue weighted by molar-refractivity contribution is -0.137. The Morgan fingerprint density at radius 3 is 2.53 bits per heavy atom. The maximum atomic E-state index is 15.0. The second kappa shape index (κ2) is 11.0. The van der Waals surface area contributed by atoms with Gasteiger partial charge in [0.1, 0.15) is 18.0 Å². The molecule has 1 aliphatic heterocycles. The van der Waals surface area contributed by atoms with E-state index in [1.165, 1.54) is 5.56 Å². The Hall–Kier alpha value is -3.04. The number of alkyl halides is 3. The Kier molecular flexibility index (Phi) is 8.09. The molecule has 0 spiro atoms. The molecule has 10 heteroatoms. The summed E-state index contributed by atoms with van der Waals surface area (Å²) in [7, 11) is 0. The molecule has 38 heavy (non-hydrogen) atoms. The van der Waals surface area contributed by atoms with Crippen molar-refractivity contribution in [2.24, 2.45) is 4.99 Å². The lowest BCUT2D eigenvalue weighted by Gasteiger charge is -2.38. The molecule has 2 atom stereocenters. The Morgan fingerprint density at radius 1 is 1.18 bits per heavy atom. The van der Waals surface area contributed by atoms with Crippen molar-refractivity contribution in [3.05, 3.63) is 52.7 Å². The molecule has 2 unspecified atom stereocenters. The van der Waals surface area contributed by atoms with Crippen molar-refractivity contribution in [2.75, 3.05) is 31.1 Å². The van der Waals surface area contributed by atoms with Gasteiger partial charge in [-0.25, -0.2) is 14.4 Å². The Bertz CT molecular complexity index is 1170. The first kappa shape index (κ1) is 28.0. The van der Waals surface area contributed by atoms with E-state index in [0.717, 1.165) is 36.5 Å². The van der Waals surface area contributed by atoms with Crippen molar-refractivity contribution in [1.82, 2.24) is 14.9 Å². The van der Waals surface area contributed by atoms with Gasteiger partial charge < -0.3 is 9.80 Å².